The molecule has 0 unspecified atom stereocenters. The molecule has 0 bridgehead atoms. The Hall–Kier alpha value is -4.17. The van der Waals surface area contributed by atoms with E-state index in [9.17, 15) is 20.1 Å². The number of rotatable bonds is 24. The molecule has 0 radical (unpaired) electrons. The molecule has 1 aliphatic heterocycles. The molecular formula is C49H62N2O9S. The molecule has 0 saturated heterocycles. The van der Waals surface area contributed by atoms with Crippen LogP contribution in [0.15, 0.2) is 107 Å². The van der Waals surface area contributed by atoms with Crippen molar-refractivity contribution in [2.24, 2.45) is 28.8 Å². The van der Waals surface area contributed by atoms with Crippen molar-refractivity contribution in [3.8, 4) is 17.2 Å². The van der Waals surface area contributed by atoms with Gasteiger partial charge in [-0.25, -0.2) is 0 Å². The summed E-state index contributed by atoms with van der Waals surface area (Å²) in [6.45, 7) is 5.26. The zero-order chi connectivity index (χ0) is 42.6. The highest BCUT2D eigenvalue weighted by molar-refractivity contribution is 7.98. The minimum Gasteiger partial charge on any atom is -0.459 e. The minimum absolute atomic E-state index is 0.0236. The summed E-state index contributed by atoms with van der Waals surface area (Å²) in [7, 11) is 0. The van der Waals surface area contributed by atoms with Crippen LogP contribution < -0.4 is 9.47 Å². The highest BCUT2D eigenvalue weighted by Crippen LogP contribution is 2.62. The van der Waals surface area contributed by atoms with E-state index >= 15 is 0 Å². The van der Waals surface area contributed by atoms with Gasteiger partial charge in [0.2, 0.25) is 11.7 Å². The van der Waals surface area contributed by atoms with Gasteiger partial charge in [-0.05, 0) is 110 Å². The summed E-state index contributed by atoms with van der Waals surface area (Å²) >= 11 is 1.68. The van der Waals surface area contributed by atoms with E-state index in [2.05, 4.69) is 18.7 Å². The SMILES string of the molecule is C=CCO[C@@]12Oc3ccc(Oc4ccc(SC)cc4)cc3[C@H]3[C@H](CCCCO)[C@@H](CCCCO)C=C(C(=NOCc4ccccc4)C[C@@H]1N(CCOCCO)C(=O)C1CC1)[C@H]32. The van der Waals surface area contributed by atoms with E-state index in [1.165, 1.54) is 0 Å². The minimum atomic E-state index is -1.36. The van der Waals surface area contributed by atoms with Crippen LogP contribution in [0, 0.1) is 23.7 Å². The van der Waals surface area contributed by atoms with Gasteiger partial charge >= 0.3 is 0 Å². The lowest BCUT2D eigenvalue weighted by Crippen LogP contribution is -2.70. The van der Waals surface area contributed by atoms with Crippen molar-refractivity contribution in [3.05, 3.63) is 108 Å². The first kappa shape index (κ1) is 44.9. The number of benzene rings is 3. The van der Waals surface area contributed by atoms with Gasteiger partial charge < -0.3 is 44.0 Å². The number of ether oxygens (including phenoxy) is 4. The Morgan fingerprint density at radius 1 is 0.951 bits per heavy atom. The molecule has 3 aliphatic carbocycles. The number of carbonyl (C=O) groups is 1. The second-order valence-corrected chi connectivity index (χ2v) is 17.3. The molecule has 12 heteroatoms. The lowest BCUT2D eigenvalue weighted by atomic mass is 9.55. The first-order chi connectivity index (χ1) is 29.9. The van der Waals surface area contributed by atoms with Crippen LogP contribution in [-0.4, -0.2) is 96.1 Å². The third-order valence-corrected chi connectivity index (χ3v) is 13.2. The summed E-state index contributed by atoms with van der Waals surface area (Å²) in [5, 5.41) is 34.4. The number of allylic oxidation sites excluding steroid dienone is 1. The normalized spacial score (nSPS) is 24.6. The fraction of sp³-hybridized carbons (Fsp3) is 0.510. The summed E-state index contributed by atoms with van der Waals surface area (Å²) in [4.78, 5) is 23.9. The molecule has 61 heavy (non-hydrogen) atoms. The zero-order valence-corrected chi connectivity index (χ0v) is 36.2. The third kappa shape index (κ3) is 10.6. The molecule has 3 N–H and O–H groups in total. The number of aliphatic hydroxyl groups excluding tert-OH is 3. The van der Waals surface area contributed by atoms with Crippen LogP contribution in [-0.2, 0) is 25.7 Å². The van der Waals surface area contributed by atoms with Crippen molar-refractivity contribution in [2.45, 2.75) is 87.0 Å². The average Bonchev–Trinajstić information content (AvgIpc) is 4.14. The number of unbranched alkanes of at least 4 members (excludes halogenated alkanes) is 2. The van der Waals surface area contributed by atoms with Crippen LogP contribution >= 0.6 is 11.8 Å². The first-order valence-electron chi connectivity index (χ1n) is 22.0. The molecule has 3 aromatic carbocycles. The van der Waals surface area contributed by atoms with Crippen molar-refractivity contribution in [1.29, 1.82) is 0 Å². The van der Waals surface area contributed by atoms with E-state index in [0.29, 0.717) is 30.8 Å². The van der Waals surface area contributed by atoms with Gasteiger partial charge in [0.15, 0.2) is 0 Å². The van der Waals surface area contributed by atoms with E-state index < -0.39 is 17.7 Å². The van der Waals surface area contributed by atoms with Crippen LogP contribution in [0.25, 0.3) is 0 Å². The van der Waals surface area contributed by atoms with E-state index in [4.69, 9.17) is 28.9 Å². The number of aliphatic hydroxyl groups is 3. The first-order valence-corrected chi connectivity index (χ1v) is 23.2. The predicted molar refractivity (Wildman–Crippen MR) is 237 cm³/mol. The van der Waals surface area contributed by atoms with Crippen LogP contribution in [0.1, 0.15) is 74.8 Å². The van der Waals surface area contributed by atoms with Gasteiger partial charge in [-0.3, -0.25) is 4.79 Å². The van der Waals surface area contributed by atoms with Crippen molar-refractivity contribution in [2.75, 3.05) is 52.4 Å². The van der Waals surface area contributed by atoms with E-state index in [1.807, 2.05) is 77.9 Å². The van der Waals surface area contributed by atoms with Gasteiger partial charge in [0.25, 0.3) is 0 Å². The quantitative estimate of drug-likeness (QED) is 0.0349. The predicted octanol–water partition coefficient (Wildman–Crippen LogP) is 8.28. The molecule has 0 aromatic heterocycles. The molecule has 1 amide bonds. The van der Waals surface area contributed by atoms with Crippen molar-refractivity contribution in [3.63, 3.8) is 0 Å². The maximum absolute atomic E-state index is 14.6. The fourth-order valence-electron chi connectivity index (χ4n) is 9.56. The van der Waals surface area contributed by atoms with Gasteiger partial charge in [-0.1, -0.05) is 60.5 Å². The summed E-state index contributed by atoms with van der Waals surface area (Å²) < 4.78 is 26.9. The Balaban J connectivity index is 1.41. The molecule has 2 saturated carbocycles. The molecule has 11 nitrogen and oxygen atoms in total. The van der Waals surface area contributed by atoms with Crippen LogP contribution in [0.4, 0.5) is 0 Å². The molecule has 328 valence electrons. The number of hydrogen-bond donors (Lipinski definition) is 3. The Morgan fingerprint density at radius 3 is 2.41 bits per heavy atom. The number of amides is 1. The Kier molecular flexibility index (Phi) is 16.0. The summed E-state index contributed by atoms with van der Waals surface area (Å²) in [5.74, 6) is 0.188. The monoisotopic (exact) mass is 854 g/mol. The average molecular weight is 855 g/mol. The Labute approximate surface area is 364 Å². The van der Waals surface area contributed by atoms with Crippen molar-refractivity contribution < 1.29 is 43.9 Å². The molecule has 0 spiro atoms. The highest BCUT2D eigenvalue weighted by atomic mass is 32.2. The van der Waals surface area contributed by atoms with Gasteiger partial charge in [0, 0.05) is 48.5 Å². The second kappa shape index (κ2) is 21.8. The summed E-state index contributed by atoms with van der Waals surface area (Å²) in [5.41, 5.74) is 3.70. The van der Waals surface area contributed by atoms with Crippen LogP contribution in [0.3, 0.4) is 0 Å². The maximum Gasteiger partial charge on any atom is 0.239 e. The molecule has 4 aliphatic rings. The van der Waals surface area contributed by atoms with Crippen LogP contribution in [0.2, 0.25) is 0 Å². The molecule has 7 rings (SSSR count). The lowest BCUT2D eigenvalue weighted by Gasteiger charge is -2.60. The van der Waals surface area contributed by atoms with Gasteiger partial charge in [-0.2, -0.15) is 0 Å². The van der Waals surface area contributed by atoms with Gasteiger partial charge in [0.05, 0.1) is 38.1 Å². The van der Waals surface area contributed by atoms with Crippen molar-refractivity contribution in [1.82, 2.24) is 4.90 Å². The molecule has 6 atom stereocenters. The zero-order valence-electron chi connectivity index (χ0n) is 35.4. The molecular weight excluding hydrogens is 793 g/mol. The summed E-state index contributed by atoms with van der Waals surface area (Å²) in [6.07, 6.45) is 12.8. The second-order valence-electron chi connectivity index (χ2n) is 16.5. The van der Waals surface area contributed by atoms with Gasteiger partial charge in [-0.15, -0.1) is 18.3 Å². The van der Waals surface area contributed by atoms with E-state index in [0.717, 1.165) is 71.6 Å². The smallest absolute Gasteiger partial charge is 0.239 e. The van der Waals surface area contributed by atoms with Gasteiger partial charge in [0.1, 0.15) is 29.9 Å². The highest BCUT2D eigenvalue weighted by Gasteiger charge is 2.66. The molecule has 2 fully saturated rings. The number of carbonyl (C=O) groups excluding carboxylic acids is 1. The molecule has 1 heterocycles. The lowest BCUT2D eigenvalue weighted by molar-refractivity contribution is -0.258. The number of oxime groups is 1. The van der Waals surface area contributed by atoms with Crippen LogP contribution in [0.5, 0.6) is 17.2 Å². The maximum atomic E-state index is 14.6. The topological polar surface area (TPSA) is 140 Å². The largest absolute Gasteiger partial charge is 0.459 e. The summed E-state index contributed by atoms with van der Waals surface area (Å²) in [6, 6.07) is 23.4. The molecule has 3 aromatic rings. The standard InChI is InChI=1S/C49H62N2O9S/c1-3-27-57-49-45(51(23-28-56-29-26-54)48(55)35-15-16-35)32-43(50-58-33-34-11-5-4-6-12-34)41-30-36(13-7-9-24-52)40(14-8-10-25-53)46(47(41)49)42-31-38(19-22-44(42)60-49)59-37-17-20-39(61-2)21-18-37/h3-6,11-12,17-22,30-31,35-36,40,45-47,52-54H,1,7-10,13-16,23-29,32-33H2,2H3/t36-,40+,45-,46+,47+,49+/m0/s1. The third-order valence-electron chi connectivity index (χ3n) is 12.5. The fourth-order valence-corrected chi connectivity index (χ4v) is 9.97. The van der Waals surface area contributed by atoms with E-state index in [1.54, 1.807) is 17.8 Å². The van der Waals surface area contributed by atoms with Crippen molar-refractivity contribution >= 4 is 23.4 Å². The number of nitrogens with zero attached hydrogens (tertiary/aromatic N) is 2. The Bertz CT molecular complexity index is 1950. The number of fused-ring (bicyclic) bond motifs is 2. The number of thioether (sulfide) groups is 1. The number of hydrogen-bond acceptors (Lipinski definition) is 11. The van der Waals surface area contributed by atoms with E-state index in [-0.39, 0.29) is 82.4 Å². The Morgan fingerprint density at radius 2 is 1.70 bits per heavy atom.